The third kappa shape index (κ3) is 3.69. The number of pyridine rings is 1. The number of carbonyl (C=O) groups excluding carboxylic acids is 1. The molecule has 3 aromatic rings. The van der Waals surface area contributed by atoms with Crippen LogP contribution in [0.2, 0.25) is 0 Å². The third-order valence-electron chi connectivity index (χ3n) is 3.93. The average molecular weight is 332 g/mol. The molecule has 0 N–H and O–H groups in total. The molecule has 1 heterocycles. The van der Waals surface area contributed by atoms with Crippen LogP contribution in [-0.4, -0.2) is 29.6 Å². The number of rotatable bonds is 4. The summed E-state index contributed by atoms with van der Waals surface area (Å²) in [5, 5.41) is 0.989. The van der Waals surface area contributed by atoms with Crippen LogP contribution in [0.1, 0.15) is 18.1 Å². The first-order chi connectivity index (χ1) is 12.2. The number of ether oxygens (including phenoxy) is 1. The summed E-state index contributed by atoms with van der Waals surface area (Å²) in [7, 11) is 1.72. The Kier molecular flexibility index (Phi) is 5.09. The highest BCUT2D eigenvalue weighted by molar-refractivity contribution is 5.98. The molecule has 0 unspecified atom stereocenters. The van der Waals surface area contributed by atoms with E-state index in [0.717, 1.165) is 27.7 Å². The van der Waals surface area contributed by atoms with E-state index in [1.165, 1.54) is 4.90 Å². The molecular weight excluding hydrogens is 312 g/mol. The van der Waals surface area contributed by atoms with Crippen LogP contribution < -0.4 is 0 Å². The van der Waals surface area contributed by atoms with E-state index in [4.69, 9.17) is 4.74 Å². The molecule has 0 spiro atoms. The number of carbonyl (C=O) groups is 1. The van der Waals surface area contributed by atoms with E-state index in [-0.39, 0.29) is 6.09 Å². The molecule has 1 amide bonds. The Labute approximate surface area is 147 Å². The number of aromatic nitrogens is 1. The van der Waals surface area contributed by atoms with E-state index in [1.54, 1.807) is 20.2 Å². The van der Waals surface area contributed by atoms with Gasteiger partial charge in [-0.25, -0.2) is 4.79 Å². The van der Waals surface area contributed by atoms with Crippen LogP contribution in [0.5, 0.6) is 0 Å². The first kappa shape index (κ1) is 16.7. The molecule has 4 nitrogen and oxygen atoms in total. The molecule has 4 heteroatoms. The molecule has 0 saturated carbocycles. The van der Waals surface area contributed by atoms with Gasteiger partial charge in [0.05, 0.1) is 17.8 Å². The topological polar surface area (TPSA) is 42.4 Å². The van der Waals surface area contributed by atoms with Gasteiger partial charge in [0.25, 0.3) is 0 Å². The van der Waals surface area contributed by atoms with Gasteiger partial charge in [-0.1, -0.05) is 48.5 Å². The van der Waals surface area contributed by atoms with Gasteiger partial charge in [-0.05, 0) is 30.7 Å². The van der Waals surface area contributed by atoms with Gasteiger partial charge in [-0.15, -0.1) is 0 Å². The van der Waals surface area contributed by atoms with Crippen molar-refractivity contribution in [1.29, 1.82) is 0 Å². The monoisotopic (exact) mass is 332 g/mol. The zero-order chi connectivity index (χ0) is 17.6. The smallest absolute Gasteiger partial charge is 0.414 e. The van der Waals surface area contributed by atoms with Gasteiger partial charge < -0.3 is 4.74 Å². The lowest BCUT2D eigenvalue weighted by Gasteiger charge is -2.21. The van der Waals surface area contributed by atoms with Crippen LogP contribution in [0.15, 0.2) is 66.9 Å². The summed E-state index contributed by atoms with van der Waals surface area (Å²) in [6, 6.07) is 19.7. The lowest BCUT2D eigenvalue weighted by Crippen LogP contribution is -2.26. The number of benzene rings is 2. The van der Waals surface area contributed by atoms with Crippen LogP contribution in [0.3, 0.4) is 0 Å². The Morgan fingerprint density at radius 1 is 1.08 bits per heavy atom. The minimum Gasteiger partial charge on any atom is -0.449 e. The summed E-state index contributed by atoms with van der Waals surface area (Å²) in [6.45, 7) is 2.13. The van der Waals surface area contributed by atoms with E-state index >= 15 is 0 Å². The molecular formula is C21H20N2O2. The SMILES string of the molecule is CCOC(=O)N(C)/C(=C/c1ccccc1)c1ccnc2ccccc12. The summed E-state index contributed by atoms with van der Waals surface area (Å²) in [4.78, 5) is 18.3. The highest BCUT2D eigenvalue weighted by atomic mass is 16.6. The zero-order valence-electron chi connectivity index (χ0n) is 14.3. The van der Waals surface area contributed by atoms with Crippen molar-refractivity contribution < 1.29 is 9.53 Å². The van der Waals surface area contributed by atoms with E-state index in [2.05, 4.69) is 4.98 Å². The minimum atomic E-state index is -0.384. The molecule has 0 bridgehead atoms. The first-order valence-electron chi connectivity index (χ1n) is 8.22. The maximum absolute atomic E-state index is 12.3. The Balaban J connectivity index is 2.16. The van der Waals surface area contributed by atoms with Gasteiger partial charge in [0.15, 0.2) is 0 Å². The fourth-order valence-corrected chi connectivity index (χ4v) is 2.70. The molecule has 0 aliphatic rings. The quantitative estimate of drug-likeness (QED) is 0.688. The summed E-state index contributed by atoms with van der Waals surface area (Å²) >= 11 is 0. The second-order valence-corrected chi connectivity index (χ2v) is 5.57. The summed E-state index contributed by atoms with van der Waals surface area (Å²) in [6.07, 6.45) is 3.36. The van der Waals surface area contributed by atoms with Crippen molar-refractivity contribution in [1.82, 2.24) is 9.88 Å². The predicted octanol–water partition coefficient (Wildman–Crippen LogP) is 4.82. The van der Waals surface area contributed by atoms with Gasteiger partial charge in [-0.2, -0.15) is 0 Å². The Morgan fingerprint density at radius 2 is 1.80 bits per heavy atom. The van der Waals surface area contributed by atoms with Crippen LogP contribution in [-0.2, 0) is 4.74 Å². The number of para-hydroxylation sites is 1. The van der Waals surface area contributed by atoms with Gasteiger partial charge in [0.2, 0.25) is 0 Å². The van der Waals surface area contributed by atoms with Crippen molar-refractivity contribution in [3.05, 3.63) is 78.0 Å². The fraction of sp³-hybridized carbons (Fsp3) is 0.143. The molecule has 1 aromatic heterocycles. The summed E-state index contributed by atoms with van der Waals surface area (Å²) in [5.41, 5.74) is 3.60. The lowest BCUT2D eigenvalue weighted by atomic mass is 10.0. The standard InChI is InChI=1S/C21H20N2O2/c1-3-25-21(24)23(2)20(15-16-9-5-4-6-10-16)18-13-14-22-19-12-8-7-11-17(18)19/h4-15H,3H2,1-2H3/b20-15+. The molecule has 0 fully saturated rings. The first-order valence-corrected chi connectivity index (χ1v) is 8.22. The van der Waals surface area contributed by atoms with Gasteiger partial charge in [-0.3, -0.25) is 9.88 Å². The van der Waals surface area contributed by atoms with Crippen molar-refractivity contribution in [2.45, 2.75) is 6.92 Å². The highest BCUT2D eigenvalue weighted by Crippen LogP contribution is 2.28. The van der Waals surface area contributed by atoms with Crippen molar-refractivity contribution >= 4 is 28.8 Å². The Hall–Kier alpha value is -3.14. The summed E-state index contributed by atoms with van der Waals surface area (Å²) < 4.78 is 5.19. The second kappa shape index (κ2) is 7.62. The summed E-state index contributed by atoms with van der Waals surface area (Å²) in [5.74, 6) is 0. The molecule has 0 aliphatic heterocycles. The number of nitrogens with zero attached hydrogens (tertiary/aromatic N) is 2. The van der Waals surface area contributed by atoms with Crippen molar-refractivity contribution in [2.24, 2.45) is 0 Å². The fourth-order valence-electron chi connectivity index (χ4n) is 2.70. The molecule has 0 aliphatic carbocycles. The number of amides is 1. The maximum atomic E-state index is 12.3. The van der Waals surface area contributed by atoms with Crippen LogP contribution in [0, 0.1) is 0 Å². The van der Waals surface area contributed by atoms with E-state index in [1.807, 2.05) is 66.7 Å². The van der Waals surface area contributed by atoms with Gasteiger partial charge >= 0.3 is 6.09 Å². The van der Waals surface area contributed by atoms with Crippen molar-refractivity contribution in [3.8, 4) is 0 Å². The molecule has 3 rings (SSSR count). The molecule has 0 atom stereocenters. The van der Waals surface area contributed by atoms with E-state index in [0.29, 0.717) is 6.61 Å². The highest BCUT2D eigenvalue weighted by Gasteiger charge is 2.18. The lowest BCUT2D eigenvalue weighted by molar-refractivity contribution is 0.131. The van der Waals surface area contributed by atoms with E-state index < -0.39 is 0 Å². The van der Waals surface area contributed by atoms with Gasteiger partial charge in [0, 0.05) is 24.2 Å². The number of hydrogen-bond acceptors (Lipinski definition) is 3. The zero-order valence-corrected chi connectivity index (χ0v) is 14.3. The second-order valence-electron chi connectivity index (χ2n) is 5.57. The predicted molar refractivity (Wildman–Crippen MR) is 101 cm³/mol. The van der Waals surface area contributed by atoms with Crippen LogP contribution >= 0.6 is 0 Å². The number of hydrogen-bond donors (Lipinski definition) is 0. The Bertz CT molecular complexity index is 899. The van der Waals surface area contributed by atoms with Crippen molar-refractivity contribution in [3.63, 3.8) is 0 Å². The Morgan fingerprint density at radius 3 is 2.56 bits per heavy atom. The van der Waals surface area contributed by atoms with Gasteiger partial charge in [0.1, 0.15) is 0 Å². The maximum Gasteiger partial charge on any atom is 0.414 e. The molecule has 0 radical (unpaired) electrons. The molecule has 126 valence electrons. The third-order valence-corrected chi connectivity index (χ3v) is 3.93. The average Bonchev–Trinajstić information content (AvgIpc) is 2.66. The minimum absolute atomic E-state index is 0.332. The largest absolute Gasteiger partial charge is 0.449 e. The van der Waals surface area contributed by atoms with Crippen LogP contribution in [0.25, 0.3) is 22.7 Å². The molecule has 2 aromatic carbocycles. The number of fused-ring (bicyclic) bond motifs is 1. The normalized spacial score (nSPS) is 11.4. The van der Waals surface area contributed by atoms with Crippen molar-refractivity contribution in [2.75, 3.05) is 13.7 Å². The molecule has 25 heavy (non-hydrogen) atoms. The van der Waals surface area contributed by atoms with E-state index in [9.17, 15) is 4.79 Å². The molecule has 0 saturated heterocycles. The van der Waals surface area contributed by atoms with Crippen LogP contribution in [0.4, 0.5) is 4.79 Å².